The average Bonchev–Trinajstić information content (AvgIpc) is 3.17. The number of aromatic amines is 1. The largest absolute Gasteiger partial charge is 0.395 e. The topological polar surface area (TPSA) is 124 Å². The molecule has 3 N–H and O–H groups in total. The number of nitrogens with one attached hydrogen (secondary N) is 2. The summed E-state index contributed by atoms with van der Waals surface area (Å²) in [6.07, 6.45) is 4.23. The fourth-order valence-corrected chi connectivity index (χ4v) is 5.50. The number of H-pyrrole nitrogens is 1. The predicted molar refractivity (Wildman–Crippen MR) is 135 cm³/mol. The van der Waals surface area contributed by atoms with E-state index in [0.29, 0.717) is 44.5 Å². The summed E-state index contributed by atoms with van der Waals surface area (Å²) >= 11 is 0. The maximum Gasteiger partial charge on any atom is 0.327 e. The number of carbonyl (C=O) groups is 2. The van der Waals surface area contributed by atoms with Crippen LogP contribution in [-0.4, -0.2) is 80.2 Å². The van der Waals surface area contributed by atoms with E-state index < -0.39 is 6.04 Å². The quantitative estimate of drug-likeness (QED) is 0.502. The third-order valence-electron chi connectivity index (χ3n) is 7.40. The number of likely N-dealkylation sites (tertiary alicyclic amines) is 2. The highest BCUT2D eigenvalue weighted by Crippen LogP contribution is 2.28. The van der Waals surface area contributed by atoms with E-state index in [-0.39, 0.29) is 42.7 Å². The van der Waals surface area contributed by atoms with Gasteiger partial charge < -0.3 is 20.2 Å². The van der Waals surface area contributed by atoms with E-state index in [4.69, 9.17) is 0 Å². The standard InChI is InChI=1S/C26H32N6O4/c33-16-15-31-17-19(18-5-2-1-3-6-18)8-9-21(24(31)34)28-25(35)30-13-10-20(11-14-30)32-22-7-4-12-27-23(22)29-26(32)36/h1-7,12,19-21,33H,8-11,13-17H2,(H,28,35)(H,27,29,36)/t19-,21-/m1/s1. The number of nitrogens with zero attached hydrogens (tertiary/aromatic N) is 4. The van der Waals surface area contributed by atoms with Gasteiger partial charge in [-0.2, -0.15) is 0 Å². The Morgan fingerprint density at radius 1 is 1.06 bits per heavy atom. The van der Waals surface area contributed by atoms with Gasteiger partial charge in [0.05, 0.1) is 12.1 Å². The van der Waals surface area contributed by atoms with Gasteiger partial charge in [0.25, 0.3) is 0 Å². The van der Waals surface area contributed by atoms with Gasteiger partial charge in [-0.25, -0.2) is 14.6 Å². The zero-order valence-corrected chi connectivity index (χ0v) is 20.2. The van der Waals surface area contributed by atoms with Crippen molar-refractivity contribution in [2.75, 3.05) is 32.8 Å². The van der Waals surface area contributed by atoms with Gasteiger partial charge >= 0.3 is 11.7 Å². The summed E-state index contributed by atoms with van der Waals surface area (Å²) < 4.78 is 1.74. The van der Waals surface area contributed by atoms with Crippen LogP contribution in [0.5, 0.6) is 0 Å². The zero-order valence-electron chi connectivity index (χ0n) is 20.2. The Labute approximate surface area is 208 Å². The second kappa shape index (κ2) is 10.5. The van der Waals surface area contributed by atoms with Crippen molar-refractivity contribution in [1.82, 2.24) is 29.7 Å². The van der Waals surface area contributed by atoms with Gasteiger partial charge in [-0.05, 0) is 43.4 Å². The first-order chi connectivity index (χ1) is 17.5. The SMILES string of the molecule is O=C(N[C@@H]1CC[C@@H](c2ccccc2)CN(CCO)C1=O)N1CCC(n2c(=O)[nH]c3ncccc32)CC1. The van der Waals surface area contributed by atoms with Crippen molar-refractivity contribution < 1.29 is 14.7 Å². The van der Waals surface area contributed by atoms with Crippen LogP contribution in [0.3, 0.4) is 0 Å². The number of hydrogen-bond acceptors (Lipinski definition) is 5. The lowest BCUT2D eigenvalue weighted by Crippen LogP contribution is -2.53. The molecular weight excluding hydrogens is 460 g/mol. The van der Waals surface area contributed by atoms with Gasteiger partial charge in [-0.1, -0.05) is 30.3 Å². The molecule has 5 rings (SSSR count). The summed E-state index contributed by atoms with van der Waals surface area (Å²) in [6, 6.07) is 12.8. The number of piperidine rings is 1. The number of pyridine rings is 1. The molecule has 2 aliphatic heterocycles. The number of aliphatic hydroxyl groups excluding tert-OH is 1. The molecule has 0 unspecified atom stereocenters. The van der Waals surface area contributed by atoms with Crippen molar-refractivity contribution >= 4 is 23.1 Å². The minimum absolute atomic E-state index is 0.0225. The van der Waals surface area contributed by atoms with Gasteiger partial charge in [0.1, 0.15) is 6.04 Å². The second-order valence-electron chi connectivity index (χ2n) is 9.58. The minimum atomic E-state index is -0.627. The molecule has 2 fully saturated rings. The Balaban J connectivity index is 1.23. The smallest absolute Gasteiger partial charge is 0.327 e. The molecule has 4 heterocycles. The van der Waals surface area contributed by atoms with Crippen LogP contribution in [0.15, 0.2) is 53.5 Å². The van der Waals surface area contributed by atoms with E-state index >= 15 is 0 Å². The highest BCUT2D eigenvalue weighted by atomic mass is 16.3. The third kappa shape index (κ3) is 4.86. The maximum absolute atomic E-state index is 13.2. The Morgan fingerprint density at radius 3 is 2.58 bits per heavy atom. The van der Waals surface area contributed by atoms with Gasteiger partial charge in [0.2, 0.25) is 5.91 Å². The average molecular weight is 493 g/mol. The monoisotopic (exact) mass is 492 g/mol. The zero-order chi connectivity index (χ0) is 25.1. The predicted octanol–water partition coefficient (Wildman–Crippen LogP) is 1.84. The molecule has 190 valence electrons. The number of benzene rings is 1. The number of fused-ring (bicyclic) bond motifs is 1. The van der Waals surface area contributed by atoms with Crippen LogP contribution in [0.2, 0.25) is 0 Å². The fourth-order valence-electron chi connectivity index (χ4n) is 5.50. The number of aliphatic hydroxyl groups is 1. The molecule has 3 aromatic rings. The van der Waals surface area contributed by atoms with Gasteiger partial charge in [0.15, 0.2) is 5.65 Å². The first kappa shape index (κ1) is 24.1. The number of rotatable bonds is 5. The molecule has 3 amide bonds. The van der Waals surface area contributed by atoms with Crippen molar-refractivity contribution in [2.45, 2.75) is 43.7 Å². The van der Waals surface area contributed by atoms with Crippen LogP contribution >= 0.6 is 0 Å². The van der Waals surface area contributed by atoms with E-state index in [9.17, 15) is 19.5 Å². The third-order valence-corrected chi connectivity index (χ3v) is 7.40. The molecule has 2 aliphatic rings. The van der Waals surface area contributed by atoms with E-state index in [1.165, 1.54) is 0 Å². The Morgan fingerprint density at radius 2 is 1.83 bits per heavy atom. The van der Waals surface area contributed by atoms with Crippen LogP contribution in [0.4, 0.5) is 4.79 Å². The molecule has 2 atom stereocenters. The number of imidazole rings is 1. The molecule has 10 nitrogen and oxygen atoms in total. The number of aromatic nitrogens is 3. The molecule has 36 heavy (non-hydrogen) atoms. The lowest BCUT2D eigenvalue weighted by Gasteiger charge is -2.33. The lowest BCUT2D eigenvalue weighted by atomic mass is 9.94. The summed E-state index contributed by atoms with van der Waals surface area (Å²) in [5, 5.41) is 12.5. The number of hydrogen-bond donors (Lipinski definition) is 3. The molecule has 0 aliphatic carbocycles. The molecule has 0 radical (unpaired) electrons. The first-order valence-electron chi connectivity index (χ1n) is 12.6. The molecular formula is C26H32N6O4. The van der Waals surface area contributed by atoms with Gasteiger partial charge in [0, 0.05) is 44.3 Å². The Kier molecular flexibility index (Phi) is 7.04. The molecule has 10 heteroatoms. The van der Waals surface area contributed by atoms with E-state index in [1.807, 2.05) is 24.3 Å². The Hall–Kier alpha value is -3.66. The second-order valence-corrected chi connectivity index (χ2v) is 9.58. The van der Waals surface area contributed by atoms with Gasteiger partial charge in [-0.3, -0.25) is 14.3 Å². The van der Waals surface area contributed by atoms with E-state index in [0.717, 1.165) is 17.5 Å². The molecule has 0 saturated carbocycles. The van der Waals surface area contributed by atoms with Crippen molar-refractivity contribution in [3.63, 3.8) is 0 Å². The molecule has 2 aromatic heterocycles. The first-order valence-corrected chi connectivity index (χ1v) is 12.6. The molecule has 1 aromatic carbocycles. The van der Waals surface area contributed by atoms with Crippen molar-refractivity contribution in [2.24, 2.45) is 0 Å². The van der Waals surface area contributed by atoms with Crippen molar-refractivity contribution in [3.8, 4) is 0 Å². The maximum atomic E-state index is 13.2. The summed E-state index contributed by atoms with van der Waals surface area (Å²) in [4.78, 5) is 49.3. The van der Waals surface area contributed by atoms with Crippen LogP contribution in [0, 0.1) is 0 Å². The van der Waals surface area contributed by atoms with E-state index in [2.05, 4.69) is 27.4 Å². The molecule has 0 spiro atoms. The van der Waals surface area contributed by atoms with Gasteiger partial charge in [-0.15, -0.1) is 0 Å². The van der Waals surface area contributed by atoms with Crippen LogP contribution < -0.4 is 11.0 Å². The van der Waals surface area contributed by atoms with Crippen molar-refractivity contribution in [3.05, 3.63) is 64.7 Å². The highest BCUT2D eigenvalue weighted by Gasteiger charge is 2.34. The van der Waals surface area contributed by atoms with Crippen LogP contribution in [0.25, 0.3) is 11.2 Å². The number of urea groups is 1. The van der Waals surface area contributed by atoms with Crippen LogP contribution in [0.1, 0.15) is 43.2 Å². The highest BCUT2D eigenvalue weighted by molar-refractivity contribution is 5.87. The van der Waals surface area contributed by atoms with Crippen LogP contribution in [-0.2, 0) is 4.79 Å². The summed E-state index contributed by atoms with van der Waals surface area (Å²) in [5.41, 5.74) is 2.31. The molecule has 0 bridgehead atoms. The number of β-amino-alcohol motifs (C(OH)–C–C–N with tert-alkyl or cyclic N) is 1. The summed E-state index contributed by atoms with van der Waals surface area (Å²) in [5.74, 6) is 0.00637. The number of amides is 3. The summed E-state index contributed by atoms with van der Waals surface area (Å²) in [7, 11) is 0. The number of carbonyl (C=O) groups excluding carboxylic acids is 2. The normalized spacial score (nSPS) is 21.5. The van der Waals surface area contributed by atoms with E-state index in [1.54, 1.807) is 26.6 Å². The lowest BCUT2D eigenvalue weighted by molar-refractivity contribution is -0.133. The fraction of sp³-hybridized carbons (Fsp3) is 0.462. The van der Waals surface area contributed by atoms with Crippen molar-refractivity contribution in [1.29, 1.82) is 0 Å². The minimum Gasteiger partial charge on any atom is -0.395 e. The Bertz CT molecular complexity index is 1260. The molecule has 2 saturated heterocycles. The summed E-state index contributed by atoms with van der Waals surface area (Å²) in [6.45, 7) is 1.63.